The lowest BCUT2D eigenvalue weighted by atomic mass is 10.0. The average molecular weight is 1120 g/mol. The molecule has 0 aliphatic rings. The van der Waals surface area contributed by atoms with Crippen LogP contribution in [0.3, 0.4) is 0 Å². The molecule has 0 bridgehead atoms. The van der Waals surface area contributed by atoms with Gasteiger partial charge in [-0.25, -0.2) is 0 Å². The summed E-state index contributed by atoms with van der Waals surface area (Å²) in [6, 6.07) is 0. The predicted molar refractivity (Wildman–Crippen MR) is 333 cm³/mol. The van der Waals surface area contributed by atoms with Crippen molar-refractivity contribution in [2.45, 2.75) is 328 Å². The second-order valence-corrected chi connectivity index (χ2v) is 25.2. The fourth-order valence-electron chi connectivity index (χ4n) is 9.66. The zero-order valence-corrected chi connectivity index (χ0v) is 53.0. The van der Waals surface area contributed by atoms with Crippen molar-refractivity contribution in [2.75, 3.05) is 47.5 Å². The molecule has 0 aliphatic carbocycles. The molecule has 9 nitrogen and oxygen atoms in total. The number of unbranched alkanes of at least 4 members (excludes halogenated alkanes) is 40. The third-order valence-corrected chi connectivity index (χ3v) is 15.8. The molecule has 0 fully saturated rings. The minimum absolute atomic E-state index is 0.0298. The molecule has 78 heavy (non-hydrogen) atoms. The highest BCUT2D eigenvalue weighted by molar-refractivity contribution is 7.45. The first kappa shape index (κ1) is 76.0. The Balaban J connectivity index is 4.05. The van der Waals surface area contributed by atoms with E-state index >= 15 is 0 Å². The summed E-state index contributed by atoms with van der Waals surface area (Å²) in [5.74, 6) is -0.819. The van der Waals surface area contributed by atoms with Crippen LogP contribution in [0.15, 0.2) is 48.6 Å². The number of carbonyl (C=O) groups is 2. The number of phosphoric acid groups is 1. The van der Waals surface area contributed by atoms with Crippen LogP contribution in [0, 0.1) is 0 Å². The van der Waals surface area contributed by atoms with Crippen LogP contribution in [0.4, 0.5) is 0 Å². The monoisotopic (exact) mass is 1120 g/mol. The minimum atomic E-state index is -4.64. The molecule has 0 aromatic carbocycles. The summed E-state index contributed by atoms with van der Waals surface area (Å²) in [7, 11) is 1.18. The van der Waals surface area contributed by atoms with Crippen LogP contribution in [0.2, 0.25) is 0 Å². The number of allylic oxidation sites excluding steroid dienone is 8. The van der Waals surface area contributed by atoms with E-state index in [2.05, 4.69) is 62.5 Å². The highest BCUT2D eigenvalue weighted by Crippen LogP contribution is 2.38. The van der Waals surface area contributed by atoms with Gasteiger partial charge >= 0.3 is 11.9 Å². The molecule has 0 rings (SSSR count). The van der Waals surface area contributed by atoms with E-state index in [1.165, 1.54) is 244 Å². The van der Waals surface area contributed by atoms with Gasteiger partial charge in [0, 0.05) is 12.8 Å². The first-order chi connectivity index (χ1) is 38.0. The van der Waals surface area contributed by atoms with Crippen molar-refractivity contribution >= 4 is 19.8 Å². The lowest BCUT2D eigenvalue weighted by Gasteiger charge is -2.28. The topological polar surface area (TPSA) is 111 Å². The summed E-state index contributed by atoms with van der Waals surface area (Å²) in [4.78, 5) is 38.0. The number of hydrogen-bond donors (Lipinski definition) is 0. The van der Waals surface area contributed by atoms with Crippen LogP contribution >= 0.6 is 7.82 Å². The fraction of sp³-hybridized carbons (Fsp3) is 0.853. The number of likely N-dealkylation sites (N-methyl/N-ethyl adjacent to an activating group) is 1. The Bertz CT molecular complexity index is 1460. The molecule has 0 aromatic rings. The van der Waals surface area contributed by atoms with Crippen molar-refractivity contribution in [3.63, 3.8) is 0 Å². The molecule has 10 heteroatoms. The van der Waals surface area contributed by atoms with Gasteiger partial charge in [0.25, 0.3) is 7.82 Å². The Morgan fingerprint density at radius 3 is 1.01 bits per heavy atom. The van der Waals surface area contributed by atoms with Gasteiger partial charge in [0.05, 0.1) is 27.7 Å². The smallest absolute Gasteiger partial charge is 0.306 e. The molecule has 0 saturated carbocycles. The van der Waals surface area contributed by atoms with Gasteiger partial charge < -0.3 is 27.9 Å². The van der Waals surface area contributed by atoms with Crippen molar-refractivity contribution in [3.8, 4) is 0 Å². The second-order valence-electron chi connectivity index (χ2n) is 23.8. The summed E-state index contributed by atoms with van der Waals surface area (Å²) in [6.45, 7) is 4.27. The van der Waals surface area contributed by atoms with Gasteiger partial charge in [-0.05, 0) is 77.0 Å². The Labute approximate surface area is 484 Å². The highest BCUT2D eigenvalue weighted by atomic mass is 31.2. The molecule has 0 radical (unpaired) electrons. The lowest BCUT2D eigenvalue weighted by molar-refractivity contribution is -0.870. The molecular formula is C68H128NO8P. The summed E-state index contributed by atoms with van der Waals surface area (Å²) in [5.41, 5.74) is 0. The van der Waals surface area contributed by atoms with Gasteiger partial charge in [0.15, 0.2) is 6.10 Å². The Kier molecular flexibility index (Phi) is 58.0. The maximum Gasteiger partial charge on any atom is 0.306 e. The molecule has 0 aliphatic heterocycles. The number of carbonyl (C=O) groups excluding carboxylic acids is 2. The van der Waals surface area contributed by atoms with Crippen molar-refractivity contribution in [1.82, 2.24) is 0 Å². The largest absolute Gasteiger partial charge is 0.756 e. The first-order valence-electron chi connectivity index (χ1n) is 33.3. The average Bonchev–Trinajstić information content (AvgIpc) is 3.41. The quantitative estimate of drug-likeness (QED) is 0.0195. The number of hydrogen-bond acceptors (Lipinski definition) is 8. The van der Waals surface area contributed by atoms with Gasteiger partial charge in [-0.3, -0.25) is 14.2 Å². The van der Waals surface area contributed by atoms with E-state index in [1.807, 2.05) is 21.1 Å². The summed E-state index contributed by atoms with van der Waals surface area (Å²) in [5, 5.41) is 0. The molecular weight excluding hydrogens is 990 g/mol. The third kappa shape index (κ3) is 63.2. The first-order valence-corrected chi connectivity index (χ1v) is 34.8. The van der Waals surface area contributed by atoms with E-state index < -0.39 is 26.5 Å². The molecule has 0 amide bonds. The molecule has 0 saturated heterocycles. The molecule has 0 spiro atoms. The summed E-state index contributed by atoms with van der Waals surface area (Å²) < 4.78 is 34.3. The number of nitrogens with zero attached hydrogens (tertiary/aromatic N) is 1. The zero-order chi connectivity index (χ0) is 57.0. The maximum absolute atomic E-state index is 12.8. The van der Waals surface area contributed by atoms with Gasteiger partial charge in [-0.15, -0.1) is 0 Å². The van der Waals surface area contributed by atoms with E-state index in [9.17, 15) is 19.0 Å². The van der Waals surface area contributed by atoms with Crippen LogP contribution in [0.5, 0.6) is 0 Å². The second kappa shape index (κ2) is 59.6. The Morgan fingerprint density at radius 2 is 0.692 bits per heavy atom. The molecule has 458 valence electrons. The van der Waals surface area contributed by atoms with Crippen molar-refractivity contribution in [2.24, 2.45) is 0 Å². The minimum Gasteiger partial charge on any atom is -0.756 e. The van der Waals surface area contributed by atoms with E-state index in [1.54, 1.807) is 0 Å². The number of rotatable bonds is 62. The fourth-order valence-corrected chi connectivity index (χ4v) is 10.4. The van der Waals surface area contributed by atoms with Gasteiger partial charge in [-0.2, -0.15) is 0 Å². The highest BCUT2D eigenvalue weighted by Gasteiger charge is 2.22. The van der Waals surface area contributed by atoms with Crippen LogP contribution < -0.4 is 4.89 Å². The van der Waals surface area contributed by atoms with Gasteiger partial charge in [-0.1, -0.05) is 281 Å². The number of ether oxygens (including phenoxy) is 2. The maximum atomic E-state index is 12.8. The van der Waals surface area contributed by atoms with Crippen LogP contribution in [0.25, 0.3) is 0 Å². The van der Waals surface area contributed by atoms with Crippen LogP contribution in [-0.4, -0.2) is 70.0 Å². The molecule has 2 unspecified atom stereocenters. The van der Waals surface area contributed by atoms with E-state index in [0.717, 1.165) is 44.9 Å². The number of esters is 2. The SMILES string of the molecule is CCCCCCC/C=C\C/C=C\CCCCCCCCCCCCCCCCCCCC(=O)OC(COC(=O)CCCCCCCCCCCCCCC/C=C\C/C=C\CCCCCCC)COP(=O)([O-])OCC[N+](C)(C)C. The molecule has 0 heterocycles. The van der Waals surface area contributed by atoms with Gasteiger partial charge in [0.2, 0.25) is 0 Å². The summed E-state index contributed by atoms with van der Waals surface area (Å²) in [6.07, 6.45) is 76.0. The van der Waals surface area contributed by atoms with Gasteiger partial charge in [0.1, 0.15) is 19.8 Å². The lowest BCUT2D eigenvalue weighted by Crippen LogP contribution is -2.37. The normalized spacial score (nSPS) is 13.5. The number of phosphoric ester groups is 1. The zero-order valence-electron chi connectivity index (χ0n) is 52.1. The Hall–Kier alpha value is -2.03. The molecule has 0 N–H and O–H groups in total. The van der Waals surface area contributed by atoms with E-state index in [-0.39, 0.29) is 32.0 Å². The third-order valence-electron chi connectivity index (χ3n) is 14.8. The molecule has 0 aromatic heterocycles. The van der Waals surface area contributed by atoms with Crippen molar-refractivity contribution in [3.05, 3.63) is 48.6 Å². The van der Waals surface area contributed by atoms with E-state index in [4.69, 9.17) is 18.5 Å². The van der Waals surface area contributed by atoms with Crippen LogP contribution in [0.1, 0.15) is 322 Å². The van der Waals surface area contributed by atoms with Crippen molar-refractivity contribution in [1.29, 1.82) is 0 Å². The number of quaternary nitrogens is 1. The summed E-state index contributed by atoms with van der Waals surface area (Å²) >= 11 is 0. The standard InChI is InChI=1S/C68H128NO8P/c1-6-8-10-12-14-16-18-20-22-24-26-28-30-32-33-34-35-37-39-41-43-45-47-49-51-53-55-57-59-61-68(71)77-66(65-76-78(72,73)75-63-62-69(3,4)5)64-74-67(70)60-58-56-54-52-50-48-46-44-42-40-38-36-31-29-27-25-23-21-19-17-15-13-11-9-7-2/h18-21,24-27,66H,6-17,22-23,28-65H2,1-5H3/b20-18-,21-19-,26-24-,27-25-. The van der Waals surface area contributed by atoms with Crippen LogP contribution in [-0.2, 0) is 32.7 Å². The van der Waals surface area contributed by atoms with E-state index in [0.29, 0.717) is 17.4 Å². The molecule has 2 atom stereocenters. The van der Waals surface area contributed by atoms with Crippen molar-refractivity contribution < 1.29 is 42.1 Å². The predicted octanol–water partition coefficient (Wildman–Crippen LogP) is 20.6. The Morgan fingerprint density at radius 1 is 0.397 bits per heavy atom.